The average molecular weight is 297 g/mol. The lowest BCUT2D eigenvalue weighted by Gasteiger charge is -2.27. The van der Waals surface area contributed by atoms with Gasteiger partial charge in [-0.15, -0.1) is 0 Å². The molecule has 0 saturated carbocycles. The van der Waals surface area contributed by atoms with E-state index in [1.807, 2.05) is 0 Å². The minimum absolute atomic E-state index is 0.110. The summed E-state index contributed by atoms with van der Waals surface area (Å²) in [5, 5.41) is 2.16. The number of carbonyl (C=O) groups excluding carboxylic acids is 4. The number of piperidine rings is 1. The molecule has 1 unspecified atom stereocenters. The Kier molecular flexibility index (Phi) is 3.36. The summed E-state index contributed by atoms with van der Waals surface area (Å²) < 4.78 is 0. The number of imide groups is 2. The number of rotatable bonds is 2. The molecule has 111 valence electrons. The molecule has 0 aliphatic carbocycles. The Balaban J connectivity index is 1.96. The van der Waals surface area contributed by atoms with Crippen LogP contribution >= 0.6 is 0 Å². The van der Waals surface area contributed by atoms with E-state index in [2.05, 4.69) is 12.2 Å². The number of allylic oxidation sites excluding steroid dienone is 1. The van der Waals surface area contributed by atoms with Crippen LogP contribution in [0.15, 0.2) is 24.3 Å². The first kappa shape index (κ1) is 14.2. The van der Waals surface area contributed by atoms with Gasteiger partial charge >= 0.3 is 0 Å². The molecular formula is C16H13N2O4. The predicted octanol–water partition coefficient (Wildman–Crippen LogP) is 0.935. The average Bonchev–Trinajstić information content (AvgIpc) is 2.72. The van der Waals surface area contributed by atoms with Crippen molar-refractivity contribution >= 4 is 29.7 Å². The number of nitrogens with one attached hydrogen (secondary N) is 1. The van der Waals surface area contributed by atoms with Crippen LogP contribution in [0, 0.1) is 6.92 Å². The van der Waals surface area contributed by atoms with Gasteiger partial charge in [0.1, 0.15) is 6.04 Å². The second kappa shape index (κ2) is 5.22. The summed E-state index contributed by atoms with van der Waals surface area (Å²) in [7, 11) is 0. The molecular weight excluding hydrogens is 284 g/mol. The van der Waals surface area contributed by atoms with Gasteiger partial charge in [0.05, 0.1) is 11.1 Å². The zero-order valence-electron chi connectivity index (χ0n) is 11.7. The molecule has 3 rings (SSSR count). The number of nitrogens with zero attached hydrogens (tertiary/aromatic N) is 1. The number of carbonyl (C=O) groups is 4. The zero-order valence-corrected chi connectivity index (χ0v) is 11.7. The normalized spacial score (nSPS) is 21.5. The van der Waals surface area contributed by atoms with E-state index in [1.54, 1.807) is 30.4 Å². The van der Waals surface area contributed by atoms with Crippen molar-refractivity contribution < 1.29 is 19.2 Å². The summed E-state index contributed by atoms with van der Waals surface area (Å²) >= 11 is 0. The van der Waals surface area contributed by atoms with Gasteiger partial charge in [-0.1, -0.05) is 18.2 Å². The molecule has 2 aliphatic heterocycles. The van der Waals surface area contributed by atoms with E-state index in [0.717, 1.165) is 10.5 Å². The topological polar surface area (TPSA) is 83.6 Å². The monoisotopic (exact) mass is 297 g/mol. The highest BCUT2D eigenvalue weighted by molar-refractivity contribution is 6.23. The quantitative estimate of drug-likeness (QED) is 0.823. The minimum Gasteiger partial charge on any atom is -0.295 e. The number of hydrogen-bond acceptors (Lipinski definition) is 4. The fourth-order valence-electron chi connectivity index (χ4n) is 2.73. The van der Waals surface area contributed by atoms with Crippen LogP contribution in [0.25, 0.3) is 6.08 Å². The third-order valence-corrected chi connectivity index (χ3v) is 3.77. The smallest absolute Gasteiger partial charge is 0.262 e. The maximum absolute atomic E-state index is 12.5. The van der Waals surface area contributed by atoms with Gasteiger partial charge < -0.3 is 0 Å². The Morgan fingerprint density at radius 1 is 1.14 bits per heavy atom. The highest BCUT2D eigenvalue weighted by atomic mass is 16.2. The molecule has 1 N–H and O–H groups in total. The summed E-state index contributed by atoms with van der Waals surface area (Å²) in [6, 6.07) is 3.94. The molecule has 1 radical (unpaired) electrons. The van der Waals surface area contributed by atoms with Crippen molar-refractivity contribution in [3.63, 3.8) is 0 Å². The molecule has 2 aliphatic rings. The fourth-order valence-corrected chi connectivity index (χ4v) is 2.73. The summed E-state index contributed by atoms with van der Waals surface area (Å²) in [4.78, 5) is 49.0. The van der Waals surface area contributed by atoms with Crippen molar-refractivity contribution in [2.24, 2.45) is 0 Å². The molecule has 22 heavy (non-hydrogen) atoms. The lowest BCUT2D eigenvalue weighted by Crippen LogP contribution is -2.54. The van der Waals surface area contributed by atoms with Gasteiger partial charge in [0.25, 0.3) is 11.8 Å². The van der Waals surface area contributed by atoms with E-state index in [-0.39, 0.29) is 29.9 Å². The van der Waals surface area contributed by atoms with Crippen molar-refractivity contribution in [3.05, 3.63) is 47.9 Å². The number of fused-ring (bicyclic) bond motifs is 1. The van der Waals surface area contributed by atoms with Crippen LogP contribution in [0.2, 0.25) is 0 Å². The fraction of sp³-hybridized carbons (Fsp3) is 0.188. The SMILES string of the molecule is [CH2]/C=C/c1ccc2c(c1)C(=O)N(C1CCC(=O)NC1=O)C2=O. The largest absolute Gasteiger partial charge is 0.295 e. The van der Waals surface area contributed by atoms with Gasteiger partial charge in [0.2, 0.25) is 11.8 Å². The standard InChI is InChI=1S/C16H13N2O4/c1-2-3-9-4-5-10-11(8-9)16(22)18(15(10)21)12-6-7-13(19)17-14(12)20/h2-5,8,12H,1,6-7H2,(H,17,19,20)/b3-2+. The highest BCUT2D eigenvalue weighted by Crippen LogP contribution is 2.28. The van der Waals surface area contributed by atoms with E-state index >= 15 is 0 Å². The lowest BCUT2D eigenvalue weighted by molar-refractivity contribution is -0.136. The molecule has 1 saturated heterocycles. The summed E-state index contributed by atoms with van der Waals surface area (Å²) in [5.74, 6) is -2.00. The molecule has 1 aromatic carbocycles. The van der Waals surface area contributed by atoms with E-state index in [4.69, 9.17) is 0 Å². The second-order valence-corrected chi connectivity index (χ2v) is 5.15. The minimum atomic E-state index is -0.933. The van der Waals surface area contributed by atoms with Crippen molar-refractivity contribution in [1.29, 1.82) is 0 Å². The van der Waals surface area contributed by atoms with Crippen LogP contribution in [0.3, 0.4) is 0 Å². The summed E-state index contributed by atoms with van der Waals surface area (Å²) in [5.41, 5.74) is 1.29. The molecule has 0 aromatic heterocycles. The number of hydrogen-bond donors (Lipinski definition) is 1. The van der Waals surface area contributed by atoms with Gasteiger partial charge in [0, 0.05) is 6.42 Å². The van der Waals surface area contributed by atoms with Crippen molar-refractivity contribution in [2.45, 2.75) is 18.9 Å². The Morgan fingerprint density at radius 2 is 1.86 bits per heavy atom. The third kappa shape index (κ3) is 2.13. The van der Waals surface area contributed by atoms with Crippen LogP contribution in [0.4, 0.5) is 0 Å². The Morgan fingerprint density at radius 3 is 2.55 bits per heavy atom. The van der Waals surface area contributed by atoms with Crippen LogP contribution in [0.5, 0.6) is 0 Å². The molecule has 0 bridgehead atoms. The Hall–Kier alpha value is -2.76. The van der Waals surface area contributed by atoms with E-state index in [9.17, 15) is 19.2 Å². The van der Waals surface area contributed by atoms with E-state index in [1.165, 1.54) is 0 Å². The summed E-state index contributed by atoms with van der Waals surface area (Å²) in [6.07, 6.45) is 3.56. The van der Waals surface area contributed by atoms with Gasteiger partial charge in [-0.05, 0) is 31.0 Å². The van der Waals surface area contributed by atoms with Crippen molar-refractivity contribution in [3.8, 4) is 0 Å². The van der Waals surface area contributed by atoms with Crippen LogP contribution < -0.4 is 5.32 Å². The second-order valence-electron chi connectivity index (χ2n) is 5.15. The zero-order chi connectivity index (χ0) is 15.9. The molecule has 2 heterocycles. The first-order valence-corrected chi connectivity index (χ1v) is 6.84. The molecule has 4 amide bonds. The molecule has 6 heteroatoms. The third-order valence-electron chi connectivity index (χ3n) is 3.77. The molecule has 1 atom stereocenters. The first-order valence-electron chi connectivity index (χ1n) is 6.84. The van der Waals surface area contributed by atoms with E-state index < -0.39 is 23.8 Å². The summed E-state index contributed by atoms with van der Waals surface area (Å²) in [6.45, 7) is 3.59. The predicted molar refractivity (Wildman–Crippen MR) is 77.5 cm³/mol. The first-order chi connectivity index (χ1) is 10.5. The van der Waals surface area contributed by atoms with Gasteiger partial charge in [-0.3, -0.25) is 29.4 Å². The lowest BCUT2D eigenvalue weighted by atomic mass is 10.0. The van der Waals surface area contributed by atoms with Crippen LogP contribution in [-0.2, 0) is 9.59 Å². The van der Waals surface area contributed by atoms with E-state index in [0.29, 0.717) is 0 Å². The molecule has 1 aromatic rings. The van der Waals surface area contributed by atoms with Crippen LogP contribution in [-0.4, -0.2) is 34.6 Å². The van der Waals surface area contributed by atoms with Gasteiger partial charge in [0.15, 0.2) is 0 Å². The van der Waals surface area contributed by atoms with Gasteiger partial charge in [-0.2, -0.15) is 0 Å². The Labute approximate surface area is 126 Å². The molecule has 1 fully saturated rings. The maximum atomic E-state index is 12.5. The van der Waals surface area contributed by atoms with Crippen molar-refractivity contribution in [1.82, 2.24) is 10.2 Å². The molecule has 0 spiro atoms. The maximum Gasteiger partial charge on any atom is 0.262 e. The highest BCUT2D eigenvalue weighted by Gasteiger charge is 2.44. The number of amides is 4. The van der Waals surface area contributed by atoms with Gasteiger partial charge in [-0.25, -0.2) is 0 Å². The number of benzene rings is 1. The Bertz CT molecular complexity index is 736. The van der Waals surface area contributed by atoms with Crippen molar-refractivity contribution in [2.75, 3.05) is 0 Å². The van der Waals surface area contributed by atoms with Crippen LogP contribution in [0.1, 0.15) is 39.1 Å². The molecule has 6 nitrogen and oxygen atoms in total.